The van der Waals surface area contributed by atoms with Gasteiger partial charge in [0.25, 0.3) is 0 Å². The maximum atomic E-state index is 4.66. The van der Waals surface area contributed by atoms with E-state index in [-0.39, 0.29) is 0 Å². The number of hydrogen-bond acceptors (Lipinski definition) is 2. The van der Waals surface area contributed by atoms with E-state index in [1.165, 1.54) is 0 Å². The molecule has 106 valence electrons. The van der Waals surface area contributed by atoms with Crippen molar-refractivity contribution in [2.75, 3.05) is 0 Å². The van der Waals surface area contributed by atoms with Crippen molar-refractivity contribution in [3.8, 4) is 0 Å². The van der Waals surface area contributed by atoms with E-state index < -0.39 is 0 Å². The van der Waals surface area contributed by atoms with E-state index in [2.05, 4.69) is 30.5 Å². The van der Waals surface area contributed by atoms with Gasteiger partial charge < -0.3 is 0 Å². The molecule has 0 aliphatic carbocycles. The number of hydrogen-bond donors (Lipinski definition) is 0. The summed E-state index contributed by atoms with van der Waals surface area (Å²) in [4.78, 5) is 8.89. The van der Waals surface area contributed by atoms with Gasteiger partial charge in [0.15, 0.2) is 0 Å². The molecule has 2 nitrogen and oxygen atoms in total. The van der Waals surface area contributed by atoms with Gasteiger partial charge in [-0.1, -0.05) is 74.5 Å². The molecular weight excluding hydrogens is 256 g/mol. The third kappa shape index (κ3) is 3.99. The number of nitrogens with zero attached hydrogens (tertiary/aromatic N) is 2. The van der Waals surface area contributed by atoms with Gasteiger partial charge in [0, 0.05) is 17.3 Å². The molecule has 2 aromatic carbocycles. The fraction of sp³-hybridized carbons (Fsp3) is 0.158. The third-order valence-corrected chi connectivity index (χ3v) is 2.98. The summed E-state index contributed by atoms with van der Waals surface area (Å²) in [6, 6.07) is 20.1. The Balaban J connectivity index is 2.61. The molecule has 0 aliphatic heterocycles. The zero-order chi connectivity index (χ0) is 15.1. The normalized spacial score (nSPS) is 12.5. The molecule has 2 aromatic rings. The first kappa shape index (κ1) is 14.9. The predicted octanol–water partition coefficient (Wildman–Crippen LogP) is 4.94. The van der Waals surface area contributed by atoms with Crippen LogP contribution in [0.15, 0.2) is 70.6 Å². The van der Waals surface area contributed by atoms with Gasteiger partial charge in [0.2, 0.25) is 0 Å². The van der Waals surface area contributed by atoms with Crippen molar-refractivity contribution in [3.63, 3.8) is 0 Å². The van der Waals surface area contributed by atoms with E-state index in [1.807, 2.05) is 66.9 Å². The lowest BCUT2D eigenvalue weighted by Gasteiger charge is -2.09. The van der Waals surface area contributed by atoms with Gasteiger partial charge in [-0.05, 0) is 12.6 Å². The topological polar surface area (TPSA) is 24.7 Å². The van der Waals surface area contributed by atoms with Crippen LogP contribution in [0.25, 0.3) is 11.4 Å². The third-order valence-electron chi connectivity index (χ3n) is 2.98. The summed E-state index contributed by atoms with van der Waals surface area (Å²) < 4.78 is 0. The fourth-order valence-electron chi connectivity index (χ4n) is 1.99. The zero-order valence-corrected chi connectivity index (χ0v) is 12.5. The Kier molecular flexibility index (Phi) is 5.22. The van der Waals surface area contributed by atoms with Crippen LogP contribution in [0.2, 0.25) is 0 Å². The smallest absolute Gasteiger partial charge is 0.0960 e. The molecule has 2 heteroatoms. The van der Waals surface area contributed by atoms with Gasteiger partial charge in [0.05, 0.1) is 11.4 Å². The lowest BCUT2D eigenvalue weighted by Crippen LogP contribution is -1.92. The maximum Gasteiger partial charge on any atom is 0.0960 e. The molecule has 0 saturated heterocycles. The minimum absolute atomic E-state index is 0.380. The predicted molar refractivity (Wildman–Crippen MR) is 92.6 cm³/mol. The second-order valence-electron chi connectivity index (χ2n) is 5.11. The van der Waals surface area contributed by atoms with E-state index in [0.29, 0.717) is 5.92 Å². The van der Waals surface area contributed by atoms with E-state index in [0.717, 1.165) is 22.5 Å². The van der Waals surface area contributed by atoms with Crippen molar-refractivity contribution >= 4 is 24.3 Å². The Hall–Kier alpha value is -2.48. The van der Waals surface area contributed by atoms with Crippen LogP contribution in [-0.2, 0) is 0 Å². The second kappa shape index (κ2) is 7.34. The largest absolute Gasteiger partial charge is 0.262 e. The second-order valence-corrected chi connectivity index (χ2v) is 5.11. The average Bonchev–Trinajstić information content (AvgIpc) is 2.53. The summed E-state index contributed by atoms with van der Waals surface area (Å²) in [5.74, 6) is 0.380. The van der Waals surface area contributed by atoms with E-state index >= 15 is 0 Å². The first-order chi connectivity index (χ1) is 10.2. The zero-order valence-electron chi connectivity index (χ0n) is 12.5. The Labute approximate surface area is 126 Å². The molecule has 2 rings (SSSR count). The lowest BCUT2D eigenvalue weighted by molar-refractivity contribution is 0.908. The van der Waals surface area contributed by atoms with Gasteiger partial charge in [0.1, 0.15) is 0 Å². The Morgan fingerprint density at radius 3 is 1.76 bits per heavy atom. The van der Waals surface area contributed by atoms with Gasteiger partial charge in [-0.15, -0.1) is 0 Å². The highest BCUT2D eigenvalue weighted by Gasteiger charge is 2.09. The SMILES string of the molecule is C=N/C(=C(\N=CC(C)C)c1ccccc1)c1ccccc1. The van der Waals surface area contributed by atoms with Gasteiger partial charge in [-0.3, -0.25) is 9.98 Å². The highest BCUT2D eigenvalue weighted by Crippen LogP contribution is 2.28. The molecule has 0 aliphatic rings. The Morgan fingerprint density at radius 1 is 0.857 bits per heavy atom. The highest BCUT2D eigenvalue weighted by molar-refractivity contribution is 5.93. The van der Waals surface area contributed by atoms with Crippen molar-refractivity contribution in [2.45, 2.75) is 13.8 Å². The summed E-state index contributed by atoms with van der Waals surface area (Å²) >= 11 is 0. The van der Waals surface area contributed by atoms with Gasteiger partial charge >= 0.3 is 0 Å². The molecule has 0 amide bonds. The van der Waals surface area contributed by atoms with Gasteiger partial charge in [-0.25, -0.2) is 0 Å². The lowest BCUT2D eigenvalue weighted by atomic mass is 10.1. The van der Waals surface area contributed by atoms with E-state index in [9.17, 15) is 0 Å². The summed E-state index contributed by atoms with van der Waals surface area (Å²) in [5, 5.41) is 0. The minimum Gasteiger partial charge on any atom is -0.262 e. The quantitative estimate of drug-likeness (QED) is 0.546. The molecular formula is C19H20N2. The van der Waals surface area contributed by atoms with Crippen molar-refractivity contribution in [1.29, 1.82) is 0 Å². The molecule has 0 spiro atoms. The average molecular weight is 276 g/mol. The highest BCUT2D eigenvalue weighted by atomic mass is 14.8. The standard InChI is InChI=1S/C19H20N2/c1-15(2)14-21-19(17-12-8-5-9-13-17)18(20-3)16-10-6-4-7-11-16/h4-15H,3H2,1-2H3/b19-18-,21-14?. The van der Waals surface area contributed by atoms with Crippen molar-refractivity contribution in [2.24, 2.45) is 15.9 Å². The van der Waals surface area contributed by atoms with Crippen LogP contribution in [0.3, 0.4) is 0 Å². The summed E-state index contributed by atoms with van der Waals surface area (Å²) in [7, 11) is 0. The fourth-order valence-corrected chi connectivity index (χ4v) is 1.99. The molecule has 0 unspecified atom stereocenters. The van der Waals surface area contributed by atoms with Crippen LogP contribution < -0.4 is 0 Å². The van der Waals surface area contributed by atoms with Gasteiger partial charge in [-0.2, -0.15) is 0 Å². The first-order valence-electron chi connectivity index (χ1n) is 7.08. The van der Waals surface area contributed by atoms with Crippen LogP contribution in [-0.4, -0.2) is 12.9 Å². The summed E-state index contributed by atoms with van der Waals surface area (Å²) in [6.07, 6.45) is 1.94. The van der Waals surface area contributed by atoms with Crippen molar-refractivity contribution < 1.29 is 0 Å². The molecule has 0 saturated carbocycles. The maximum absolute atomic E-state index is 4.66. The first-order valence-corrected chi connectivity index (χ1v) is 7.08. The van der Waals surface area contributed by atoms with Crippen LogP contribution >= 0.6 is 0 Å². The van der Waals surface area contributed by atoms with Crippen LogP contribution in [0.1, 0.15) is 25.0 Å². The molecule has 0 heterocycles. The molecule has 21 heavy (non-hydrogen) atoms. The number of benzene rings is 2. The van der Waals surface area contributed by atoms with Crippen molar-refractivity contribution in [1.82, 2.24) is 0 Å². The molecule has 0 N–H and O–H groups in total. The Morgan fingerprint density at radius 2 is 1.33 bits per heavy atom. The Bertz CT molecular complexity index is 638. The molecule has 0 atom stereocenters. The van der Waals surface area contributed by atoms with Crippen LogP contribution in [0, 0.1) is 5.92 Å². The molecule has 0 fully saturated rings. The number of rotatable bonds is 5. The van der Waals surface area contributed by atoms with Crippen LogP contribution in [0.5, 0.6) is 0 Å². The summed E-state index contributed by atoms with van der Waals surface area (Å²) in [6.45, 7) is 7.94. The molecule has 0 aromatic heterocycles. The van der Waals surface area contributed by atoms with E-state index in [1.54, 1.807) is 0 Å². The number of aliphatic imine (C=N–C) groups is 2. The van der Waals surface area contributed by atoms with E-state index in [4.69, 9.17) is 0 Å². The molecule has 0 radical (unpaired) electrons. The monoisotopic (exact) mass is 276 g/mol. The minimum atomic E-state index is 0.380. The molecule has 0 bridgehead atoms. The van der Waals surface area contributed by atoms with Crippen molar-refractivity contribution in [3.05, 3.63) is 71.8 Å². The van der Waals surface area contributed by atoms with Crippen LogP contribution in [0.4, 0.5) is 0 Å². The summed E-state index contributed by atoms with van der Waals surface area (Å²) in [5.41, 5.74) is 3.72.